The predicted molar refractivity (Wildman–Crippen MR) is 99.5 cm³/mol. The van der Waals surface area contributed by atoms with E-state index in [1.54, 1.807) is 30.3 Å². The van der Waals surface area contributed by atoms with Crippen LogP contribution in [0.25, 0.3) is 10.9 Å². The molecule has 0 bridgehead atoms. The molecular formula is C20H17ClN2O3. The minimum atomic E-state index is -0.951. The summed E-state index contributed by atoms with van der Waals surface area (Å²) in [5.41, 5.74) is 4.19. The summed E-state index contributed by atoms with van der Waals surface area (Å²) in [4.78, 5) is 29.1. The van der Waals surface area contributed by atoms with Gasteiger partial charge in [-0.2, -0.15) is 0 Å². The molecule has 1 aromatic heterocycles. The lowest BCUT2D eigenvalue weighted by molar-refractivity contribution is -0.131. The molecule has 0 saturated carbocycles. The minimum absolute atomic E-state index is 0.0571. The number of halogens is 1. The maximum Gasteiger partial charge on any atom is 0.335 e. The summed E-state index contributed by atoms with van der Waals surface area (Å²) in [5, 5.41) is 10.8. The molecule has 0 aliphatic carbocycles. The van der Waals surface area contributed by atoms with Gasteiger partial charge in [0.2, 0.25) is 5.91 Å². The standard InChI is InChI=1S/C20H17ClN2O3/c21-14-4-1-12(2-5-14)9-19(24)23-8-7-18-16(11-23)15-10-13(20(25)26)3-6-17(15)22-18/h1-6,10,22H,7-9,11H2,(H,25,26). The highest BCUT2D eigenvalue weighted by Gasteiger charge is 2.24. The van der Waals surface area contributed by atoms with Crippen LogP contribution in [0.3, 0.4) is 0 Å². The largest absolute Gasteiger partial charge is 0.478 e. The number of hydrogen-bond acceptors (Lipinski definition) is 2. The van der Waals surface area contributed by atoms with Gasteiger partial charge in [-0.05, 0) is 35.9 Å². The minimum Gasteiger partial charge on any atom is -0.478 e. The number of nitrogens with one attached hydrogen (secondary N) is 1. The molecule has 2 N–H and O–H groups in total. The molecule has 132 valence electrons. The van der Waals surface area contributed by atoms with Crippen LogP contribution in [0.15, 0.2) is 42.5 Å². The topological polar surface area (TPSA) is 73.4 Å². The van der Waals surface area contributed by atoms with E-state index < -0.39 is 5.97 Å². The molecule has 0 unspecified atom stereocenters. The molecule has 0 atom stereocenters. The number of fused-ring (bicyclic) bond motifs is 3. The number of hydrogen-bond donors (Lipinski definition) is 2. The highest BCUT2D eigenvalue weighted by atomic mass is 35.5. The average Bonchev–Trinajstić information content (AvgIpc) is 3.00. The van der Waals surface area contributed by atoms with E-state index in [9.17, 15) is 14.7 Å². The Kier molecular flexibility index (Phi) is 4.17. The highest BCUT2D eigenvalue weighted by Crippen LogP contribution is 2.29. The van der Waals surface area contributed by atoms with E-state index in [0.29, 0.717) is 24.5 Å². The third kappa shape index (κ3) is 3.06. The molecule has 2 heterocycles. The molecule has 0 spiro atoms. The molecule has 3 aromatic rings. The highest BCUT2D eigenvalue weighted by molar-refractivity contribution is 6.30. The number of aromatic carboxylic acids is 1. The molecule has 6 heteroatoms. The number of carboxylic acids is 1. The van der Waals surface area contributed by atoms with Crippen molar-refractivity contribution in [3.63, 3.8) is 0 Å². The van der Waals surface area contributed by atoms with E-state index in [1.807, 2.05) is 17.0 Å². The van der Waals surface area contributed by atoms with Crippen molar-refractivity contribution in [2.75, 3.05) is 6.54 Å². The molecule has 0 fully saturated rings. The van der Waals surface area contributed by atoms with Crippen LogP contribution < -0.4 is 0 Å². The van der Waals surface area contributed by atoms with Crippen molar-refractivity contribution in [1.82, 2.24) is 9.88 Å². The van der Waals surface area contributed by atoms with E-state index in [1.165, 1.54) is 0 Å². The second-order valence-electron chi connectivity index (χ2n) is 6.52. The van der Waals surface area contributed by atoms with Gasteiger partial charge in [0.15, 0.2) is 0 Å². The molecule has 0 saturated heterocycles. The lowest BCUT2D eigenvalue weighted by Gasteiger charge is -2.27. The van der Waals surface area contributed by atoms with Crippen LogP contribution in [0.4, 0.5) is 0 Å². The molecule has 26 heavy (non-hydrogen) atoms. The fraction of sp³-hybridized carbons (Fsp3) is 0.200. The quantitative estimate of drug-likeness (QED) is 0.741. The van der Waals surface area contributed by atoms with E-state index in [0.717, 1.165) is 34.1 Å². The van der Waals surface area contributed by atoms with Gasteiger partial charge in [0.1, 0.15) is 0 Å². The van der Waals surface area contributed by atoms with Gasteiger partial charge in [-0.25, -0.2) is 4.79 Å². The fourth-order valence-electron chi connectivity index (χ4n) is 3.45. The van der Waals surface area contributed by atoms with Gasteiger partial charge in [0.25, 0.3) is 0 Å². The van der Waals surface area contributed by atoms with Crippen molar-refractivity contribution in [3.05, 3.63) is 69.9 Å². The number of carbonyl (C=O) groups is 2. The SMILES string of the molecule is O=C(O)c1ccc2[nH]c3c(c2c1)CN(C(=O)Cc1ccc(Cl)cc1)CC3. The van der Waals surface area contributed by atoms with Crippen LogP contribution in [0.5, 0.6) is 0 Å². The number of amides is 1. The second-order valence-corrected chi connectivity index (χ2v) is 6.95. The summed E-state index contributed by atoms with van der Waals surface area (Å²) in [5.74, 6) is -0.893. The zero-order valence-electron chi connectivity index (χ0n) is 14.0. The van der Waals surface area contributed by atoms with Gasteiger partial charge < -0.3 is 15.0 Å². The average molecular weight is 369 g/mol. The Bertz CT molecular complexity index is 1010. The molecule has 1 amide bonds. The van der Waals surface area contributed by atoms with Gasteiger partial charge in [-0.15, -0.1) is 0 Å². The monoisotopic (exact) mass is 368 g/mol. The van der Waals surface area contributed by atoms with Crippen LogP contribution in [-0.2, 0) is 24.2 Å². The van der Waals surface area contributed by atoms with Gasteiger partial charge >= 0.3 is 5.97 Å². The Balaban J connectivity index is 1.59. The first-order chi connectivity index (χ1) is 12.5. The van der Waals surface area contributed by atoms with Crippen molar-refractivity contribution in [2.24, 2.45) is 0 Å². The normalized spacial score (nSPS) is 13.7. The maximum atomic E-state index is 12.7. The van der Waals surface area contributed by atoms with Crippen molar-refractivity contribution < 1.29 is 14.7 Å². The third-order valence-corrected chi connectivity index (χ3v) is 5.10. The molecule has 0 radical (unpaired) electrons. The van der Waals surface area contributed by atoms with Crippen molar-refractivity contribution in [2.45, 2.75) is 19.4 Å². The summed E-state index contributed by atoms with van der Waals surface area (Å²) in [6, 6.07) is 12.4. The first kappa shape index (κ1) is 16.7. The second kappa shape index (κ2) is 6.50. The van der Waals surface area contributed by atoms with Crippen LogP contribution in [0.2, 0.25) is 5.02 Å². The number of aromatic amines is 1. The van der Waals surface area contributed by atoms with E-state index in [4.69, 9.17) is 11.6 Å². The number of benzene rings is 2. The van der Waals surface area contributed by atoms with E-state index in [2.05, 4.69) is 4.98 Å². The maximum absolute atomic E-state index is 12.7. The van der Waals surface area contributed by atoms with E-state index in [-0.39, 0.29) is 11.5 Å². The molecule has 5 nitrogen and oxygen atoms in total. The van der Waals surface area contributed by atoms with Crippen molar-refractivity contribution >= 4 is 34.4 Å². The molecule has 4 rings (SSSR count). The smallest absolute Gasteiger partial charge is 0.335 e. The number of aromatic nitrogens is 1. The van der Waals surface area contributed by atoms with Gasteiger partial charge in [-0.1, -0.05) is 23.7 Å². The molecule has 1 aliphatic rings. The van der Waals surface area contributed by atoms with Crippen LogP contribution in [0, 0.1) is 0 Å². The lowest BCUT2D eigenvalue weighted by Crippen LogP contribution is -2.36. The van der Waals surface area contributed by atoms with Gasteiger partial charge in [0, 0.05) is 46.7 Å². The predicted octanol–water partition coefficient (Wildman–Crippen LogP) is 3.65. The Labute approximate surface area is 155 Å². The number of carboxylic acid groups (broad SMARTS) is 1. The van der Waals surface area contributed by atoms with Crippen LogP contribution in [-0.4, -0.2) is 33.4 Å². The first-order valence-electron chi connectivity index (χ1n) is 8.40. The number of H-pyrrole nitrogens is 1. The Hall–Kier alpha value is -2.79. The lowest BCUT2D eigenvalue weighted by atomic mass is 10.0. The molecular weight excluding hydrogens is 352 g/mol. The number of rotatable bonds is 3. The van der Waals surface area contributed by atoms with Gasteiger partial charge in [0.05, 0.1) is 12.0 Å². The molecule has 1 aliphatic heterocycles. The first-order valence-corrected chi connectivity index (χ1v) is 8.78. The number of nitrogens with zero attached hydrogens (tertiary/aromatic N) is 1. The summed E-state index contributed by atoms with van der Waals surface area (Å²) in [6.45, 7) is 1.14. The summed E-state index contributed by atoms with van der Waals surface area (Å²) in [7, 11) is 0. The fourth-order valence-corrected chi connectivity index (χ4v) is 3.57. The zero-order valence-corrected chi connectivity index (χ0v) is 14.7. The Morgan fingerprint density at radius 2 is 1.92 bits per heavy atom. The number of carbonyl (C=O) groups excluding carboxylic acids is 1. The third-order valence-electron chi connectivity index (χ3n) is 4.84. The van der Waals surface area contributed by atoms with Crippen molar-refractivity contribution in [1.29, 1.82) is 0 Å². The Morgan fingerprint density at radius 1 is 1.15 bits per heavy atom. The zero-order chi connectivity index (χ0) is 18.3. The summed E-state index contributed by atoms with van der Waals surface area (Å²) >= 11 is 5.89. The van der Waals surface area contributed by atoms with Crippen LogP contribution >= 0.6 is 11.6 Å². The summed E-state index contributed by atoms with van der Waals surface area (Å²) < 4.78 is 0. The van der Waals surface area contributed by atoms with E-state index >= 15 is 0 Å². The van der Waals surface area contributed by atoms with Gasteiger partial charge in [-0.3, -0.25) is 4.79 Å². The van der Waals surface area contributed by atoms with Crippen LogP contribution in [0.1, 0.15) is 27.2 Å². The molecule has 2 aromatic carbocycles. The summed E-state index contributed by atoms with van der Waals surface area (Å²) in [6.07, 6.45) is 1.06. The van der Waals surface area contributed by atoms with Crippen molar-refractivity contribution in [3.8, 4) is 0 Å². The Morgan fingerprint density at radius 3 is 2.65 bits per heavy atom.